The second-order valence-corrected chi connectivity index (χ2v) is 6.22. The molecule has 0 saturated heterocycles. The lowest BCUT2D eigenvalue weighted by Crippen LogP contribution is -2.26. The maximum absolute atomic E-state index is 11.9. The molecule has 1 aliphatic carbocycles. The third-order valence-corrected chi connectivity index (χ3v) is 4.30. The molecule has 2 rings (SSSR count). The minimum Gasteiger partial charge on any atom is -0.372 e. The van der Waals surface area contributed by atoms with E-state index in [-0.39, 0.29) is 4.90 Å². The van der Waals surface area contributed by atoms with Gasteiger partial charge in [0.05, 0.1) is 5.02 Å². The highest BCUT2D eigenvalue weighted by Crippen LogP contribution is 2.28. The molecule has 5 nitrogen and oxygen atoms in total. The highest BCUT2D eigenvalue weighted by molar-refractivity contribution is 7.89. The van der Waals surface area contributed by atoms with E-state index in [4.69, 9.17) is 11.6 Å². The van der Waals surface area contributed by atoms with Gasteiger partial charge in [-0.2, -0.15) is 0 Å². The van der Waals surface area contributed by atoms with Crippen molar-refractivity contribution in [2.45, 2.75) is 17.7 Å². The van der Waals surface area contributed by atoms with Crippen molar-refractivity contribution in [3.05, 3.63) is 17.3 Å². The minimum absolute atomic E-state index is 0.0992. The van der Waals surface area contributed by atoms with Crippen LogP contribution >= 0.6 is 11.6 Å². The van der Waals surface area contributed by atoms with Crippen molar-refractivity contribution in [1.29, 1.82) is 0 Å². The number of nitrogens with one attached hydrogen (secondary N) is 2. The number of halogens is 1. The van der Waals surface area contributed by atoms with Crippen LogP contribution in [0.25, 0.3) is 0 Å². The highest BCUT2D eigenvalue weighted by atomic mass is 35.5. The summed E-state index contributed by atoms with van der Waals surface area (Å²) in [5.41, 5.74) is 0. The third kappa shape index (κ3) is 3.08. The summed E-state index contributed by atoms with van der Waals surface area (Å²) in [4.78, 5) is 4.04. The Balaban J connectivity index is 2.16. The number of pyridine rings is 1. The Bertz CT molecular complexity index is 514. The Morgan fingerprint density at radius 2 is 2.24 bits per heavy atom. The molecule has 0 spiro atoms. The van der Waals surface area contributed by atoms with Gasteiger partial charge in [-0.3, -0.25) is 0 Å². The molecule has 1 heterocycles. The molecule has 7 heteroatoms. The molecule has 0 amide bonds. The van der Waals surface area contributed by atoms with Crippen LogP contribution in [-0.4, -0.2) is 27.0 Å². The van der Waals surface area contributed by atoms with Crippen LogP contribution in [0.3, 0.4) is 0 Å². The smallest absolute Gasteiger partial charge is 0.242 e. The molecule has 0 radical (unpaired) electrons. The molecule has 0 aromatic carbocycles. The SMILES string of the molecule is CNc1ncc(S(=O)(=O)NCC2CC2)cc1Cl. The average molecular weight is 276 g/mol. The van der Waals surface area contributed by atoms with E-state index >= 15 is 0 Å². The highest BCUT2D eigenvalue weighted by Gasteiger charge is 2.24. The largest absolute Gasteiger partial charge is 0.372 e. The van der Waals surface area contributed by atoms with E-state index < -0.39 is 10.0 Å². The number of rotatable bonds is 5. The van der Waals surface area contributed by atoms with Gasteiger partial charge in [0.2, 0.25) is 10.0 Å². The van der Waals surface area contributed by atoms with Crippen molar-refractivity contribution in [2.75, 3.05) is 18.9 Å². The first kappa shape index (κ1) is 12.6. The molecule has 1 aromatic rings. The third-order valence-electron chi connectivity index (χ3n) is 2.62. The van der Waals surface area contributed by atoms with Crippen molar-refractivity contribution in [2.24, 2.45) is 5.92 Å². The van der Waals surface area contributed by atoms with Crippen LogP contribution in [0.5, 0.6) is 0 Å². The van der Waals surface area contributed by atoms with Crippen molar-refractivity contribution in [3.63, 3.8) is 0 Å². The van der Waals surface area contributed by atoms with Crippen LogP contribution < -0.4 is 10.0 Å². The topological polar surface area (TPSA) is 71.1 Å². The van der Waals surface area contributed by atoms with Crippen LogP contribution in [0.4, 0.5) is 5.82 Å². The van der Waals surface area contributed by atoms with E-state index in [1.54, 1.807) is 7.05 Å². The zero-order valence-electron chi connectivity index (χ0n) is 9.40. The first-order valence-corrected chi connectivity index (χ1v) is 7.22. The fourth-order valence-electron chi connectivity index (χ4n) is 1.38. The van der Waals surface area contributed by atoms with Gasteiger partial charge < -0.3 is 5.32 Å². The van der Waals surface area contributed by atoms with Gasteiger partial charge in [-0.15, -0.1) is 0 Å². The maximum atomic E-state index is 11.9. The number of hydrogen-bond donors (Lipinski definition) is 2. The van der Waals surface area contributed by atoms with E-state index in [2.05, 4.69) is 15.0 Å². The number of anilines is 1. The van der Waals surface area contributed by atoms with Crippen LogP contribution in [0.15, 0.2) is 17.2 Å². The Labute approximate surface area is 106 Å². The van der Waals surface area contributed by atoms with Gasteiger partial charge in [0.25, 0.3) is 0 Å². The Morgan fingerprint density at radius 3 is 2.76 bits per heavy atom. The van der Waals surface area contributed by atoms with Crippen LogP contribution in [0, 0.1) is 5.92 Å². The fraction of sp³-hybridized carbons (Fsp3) is 0.500. The molecule has 0 aliphatic heterocycles. The van der Waals surface area contributed by atoms with Crippen molar-refractivity contribution >= 4 is 27.4 Å². The first-order chi connectivity index (χ1) is 8.03. The standard InChI is InChI=1S/C10H14ClN3O2S/c1-12-10-9(11)4-8(6-13-10)17(15,16)14-5-7-2-3-7/h4,6-7,14H,2-3,5H2,1H3,(H,12,13). The monoisotopic (exact) mass is 275 g/mol. The molecular formula is C10H14ClN3O2S. The van der Waals surface area contributed by atoms with Gasteiger partial charge in [0.1, 0.15) is 10.7 Å². The predicted molar refractivity (Wildman–Crippen MR) is 66.7 cm³/mol. The molecule has 0 bridgehead atoms. The Morgan fingerprint density at radius 1 is 1.53 bits per heavy atom. The van der Waals surface area contributed by atoms with Crippen LogP contribution in [0.2, 0.25) is 5.02 Å². The zero-order valence-corrected chi connectivity index (χ0v) is 11.0. The van der Waals surface area contributed by atoms with Gasteiger partial charge in [0, 0.05) is 19.8 Å². The number of aromatic nitrogens is 1. The van der Waals surface area contributed by atoms with E-state index in [0.717, 1.165) is 12.8 Å². The summed E-state index contributed by atoms with van der Waals surface area (Å²) in [6, 6.07) is 1.40. The first-order valence-electron chi connectivity index (χ1n) is 5.36. The molecule has 1 aliphatic rings. The normalized spacial score (nSPS) is 15.9. The maximum Gasteiger partial charge on any atom is 0.242 e. The molecule has 1 fully saturated rings. The second-order valence-electron chi connectivity index (χ2n) is 4.05. The summed E-state index contributed by atoms with van der Waals surface area (Å²) in [6.45, 7) is 0.494. The molecule has 94 valence electrons. The molecule has 0 unspecified atom stereocenters. The summed E-state index contributed by atoms with van der Waals surface area (Å²) in [5.74, 6) is 0.956. The van der Waals surface area contributed by atoms with E-state index in [1.165, 1.54) is 12.3 Å². The lowest BCUT2D eigenvalue weighted by Gasteiger charge is -2.07. The van der Waals surface area contributed by atoms with Crippen molar-refractivity contribution in [1.82, 2.24) is 9.71 Å². The van der Waals surface area contributed by atoms with E-state index in [9.17, 15) is 8.42 Å². The number of sulfonamides is 1. The number of hydrogen-bond acceptors (Lipinski definition) is 4. The van der Waals surface area contributed by atoms with Crippen molar-refractivity contribution < 1.29 is 8.42 Å². The Hall–Kier alpha value is -0.850. The fourth-order valence-corrected chi connectivity index (χ4v) is 2.80. The molecule has 17 heavy (non-hydrogen) atoms. The molecular weight excluding hydrogens is 262 g/mol. The van der Waals surface area contributed by atoms with Crippen LogP contribution in [-0.2, 0) is 10.0 Å². The van der Waals surface area contributed by atoms with Gasteiger partial charge >= 0.3 is 0 Å². The molecule has 2 N–H and O–H groups in total. The molecule has 0 atom stereocenters. The minimum atomic E-state index is -3.49. The molecule has 1 aromatic heterocycles. The number of nitrogens with zero attached hydrogens (tertiary/aromatic N) is 1. The van der Waals surface area contributed by atoms with Gasteiger partial charge in [-0.05, 0) is 24.8 Å². The summed E-state index contributed by atoms with van der Waals surface area (Å²) in [6.07, 6.45) is 3.49. The zero-order chi connectivity index (χ0) is 12.5. The summed E-state index contributed by atoms with van der Waals surface area (Å²) in [5, 5.41) is 3.07. The summed E-state index contributed by atoms with van der Waals surface area (Å²) < 4.78 is 26.3. The van der Waals surface area contributed by atoms with Gasteiger partial charge in [0.15, 0.2) is 0 Å². The van der Waals surface area contributed by atoms with E-state index in [1.807, 2.05) is 0 Å². The lowest BCUT2D eigenvalue weighted by atomic mass is 10.4. The van der Waals surface area contributed by atoms with Crippen molar-refractivity contribution in [3.8, 4) is 0 Å². The van der Waals surface area contributed by atoms with Crippen LogP contribution in [0.1, 0.15) is 12.8 Å². The Kier molecular flexibility index (Phi) is 3.56. The quantitative estimate of drug-likeness (QED) is 0.854. The average Bonchev–Trinajstić information content (AvgIpc) is 3.10. The summed E-state index contributed by atoms with van der Waals surface area (Å²) >= 11 is 5.89. The summed E-state index contributed by atoms with van der Waals surface area (Å²) in [7, 11) is -1.81. The van der Waals surface area contributed by atoms with Gasteiger partial charge in [-0.1, -0.05) is 11.6 Å². The second kappa shape index (κ2) is 4.80. The van der Waals surface area contributed by atoms with Gasteiger partial charge in [-0.25, -0.2) is 18.1 Å². The predicted octanol–water partition coefficient (Wildman–Crippen LogP) is 1.46. The van der Waals surface area contributed by atoms with E-state index in [0.29, 0.717) is 23.3 Å². The lowest BCUT2D eigenvalue weighted by molar-refractivity contribution is 0.577. The molecule has 1 saturated carbocycles.